The summed E-state index contributed by atoms with van der Waals surface area (Å²) < 4.78 is 0. The third-order valence-electron chi connectivity index (χ3n) is 2.99. The lowest BCUT2D eigenvalue weighted by molar-refractivity contribution is 0.475. The molecular weight excluding hydrogens is 292 g/mol. The molecule has 0 aliphatic rings. The molecule has 0 atom stereocenters. The van der Waals surface area contributed by atoms with Crippen molar-refractivity contribution in [2.45, 2.75) is 6.92 Å². The third kappa shape index (κ3) is 2.86. The van der Waals surface area contributed by atoms with Crippen molar-refractivity contribution in [3.05, 3.63) is 53.1 Å². The molecule has 0 bridgehead atoms. The van der Waals surface area contributed by atoms with Crippen molar-refractivity contribution in [2.24, 2.45) is 5.73 Å². The predicted octanol–water partition coefficient (Wildman–Crippen LogP) is 3.84. The molecule has 0 saturated heterocycles. The molecule has 0 saturated carbocycles. The van der Waals surface area contributed by atoms with Gasteiger partial charge in [-0.2, -0.15) is 0 Å². The number of benzene rings is 2. The van der Waals surface area contributed by atoms with Crippen LogP contribution in [0.1, 0.15) is 12.5 Å². The standard InChI is InChI=1S/C15H15ClN2OS/c1-2-18(10-5-3-6-11(19)9-10)13-8-4-7-12(16)14(13)15(17)20/h3-9,19H,2H2,1H3,(H2,17,20). The van der Waals surface area contributed by atoms with Crippen molar-refractivity contribution < 1.29 is 5.11 Å². The van der Waals surface area contributed by atoms with E-state index in [9.17, 15) is 5.11 Å². The first-order chi connectivity index (χ1) is 9.54. The summed E-state index contributed by atoms with van der Waals surface area (Å²) in [6.45, 7) is 2.70. The van der Waals surface area contributed by atoms with Gasteiger partial charge in [-0.1, -0.05) is 36.0 Å². The van der Waals surface area contributed by atoms with Gasteiger partial charge in [0.15, 0.2) is 0 Å². The minimum Gasteiger partial charge on any atom is -0.508 e. The monoisotopic (exact) mass is 306 g/mol. The summed E-state index contributed by atoms with van der Waals surface area (Å²) in [5, 5.41) is 10.2. The lowest BCUT2D eigenvalue weighted by Crippen LogP contribution is -2.21. The van der Waals surface area contributed by atoms with E-state index >= 15 is 0 Å². The summed E-state index contributed by atoms with van der Waals surface area (Å²) in [7, 11) is 0. The van der Waals surface area contributed by atoms with Crippen LogP contribution >= 0.6 is 23.8 Å². The molecule has 0 radical (unpaired) electrons. The molecule has 0 heterocycles. The van der Waals surface area contributed by atoms with E-state index in [1.54, 1.807) is 24.3 Å². The van der Waals surface area contributed by atoms with Gasteiger partial charge in [0.05, 0.1) is 16.3 Å². The largest absolute Gasteiger partial charge is 0.508 e. The Balaban J connectivity index is 2.58. The molecule has 3 N–H and O–H groups in total. The maximum Gasteiger partial charge on any atom is 0.117 e. The minimum atomic E-state index is 0.208. The first-order valence-corrected chi connectivity index (χ1v) is 6.98. The summed E-state index contributed by atoms with van der Waals surface area (Å²) in [6, 6.07) is 12.5. The highest BCUT2D eigenvalue weighted by Gasteiger charge is 2.16. The van der Waals surface area contributed by atoms with E-state index in [0.29, 0.717) is 17.1 Å². The van der Waals surface area contributed by atoms with E-state index in [1.165, 1.54) is 0 Å². The first-order valence-electron chi connectivity index (χ1n) is 6.19. The minimum absolute atomic E-state index is 0.208. The average molecular weight is 307 g/mol. The molecule has 20 heavy (non-hydrogen) atoms. The van der Waals surface area contributed by atoms with Crippen LogP contribution in [0.4, 0.5) is 11.4 Å². The van der Waals surface area contributed by atoms with Crippen LogP contribution in [0.2, 0.25) is 5.02 Å². The van der Waals surface area contributed by atoms with E-state index < -0.39 is 0 Å². The van der Waals surface area contributed by atoms with E-state index in [0.717, 1.165) is 11.4 Å². The summed E-state index contributed by atoms with van der Waals surface area (Å²) in [6.07, 6.45) is 0. The van der Waals surface area contributed by atoms with Crippen molar-refractivity contribution in [1.82, 2.24) is 0 Å². The molecule has 2 aromatic rings. The number of phenols is 1. The fourth-order valence-electron chi connectivity index (χ4n) is 2.13. The van der Waals surface area contributed by atoms with Crippen LogP contribution < -0.4 is 10.6 Å². The van der Waals surface area contributed by atoms with Crippen LogP contribution in [0.3, 0.4) is 0 Å². The quantitative estimate of drug-likeness (QED) is 0.843. The van der Waals surface area contributed by atoms with E-state index in [4.69, 9.17) is 29.6 Å². The molecule has 0 spiro atoms. The zero-order chi connectivity index (χ0) is 14.7. The van der Waals surface area contributed by atoms with Crippen LogP contribution in [0.25, 0.3) is 0 Å². The summed E-state index contributed by atoms with van der Waals surface area (Å²) in [5.74, 6) is 0.208. The highest BCUT2D eigenvalue weighted by molar-refractivity contribution is 7.80. The zero-order valence-electron chi connectivity index (χ0n) is 11.0. The van der Waals surface area contributed by atoms with Gasteiger partial charge in [-0.3, -0.25) is 0 Å². The summed E-state index contributed by atoms with van der Waals surface area (Å²) in [5.41, 5.74) is 8.12. The number of nitrogens with zero attached hydrogens (tertiary/aromatic N) is 1. The van der Waals surface area contributed by atoms with Crippen LogP contribution in [0, 0.1) is 0 Å². The predicted molar refractivity (Wildman–Crippen MR) is 88.1 cm³/mol. The van der Waals surface area contributed by atoms with Crippen molar-refractivity contribution in [3.63, 3.8) is 0 Å². The Morgan fingerprint density at radius 3 is 2.60 bits per heavy atom. The molecule has 5 heteroatoms. The molecule has 0 unspecified atom stereocenters. The highest BCUT2D eigenvalue weighted by atomic mass is 35.5. The lowest BCUT2D eigenvalue weighted by atomic mass is 10.1. The van der Waals surface area contributed by atoms with Crippen molar-refractivity contribution >= 4 is 40.2 Å². The number of phenolic OH excluding ortho intramolecular Hbond substituents is 1. The van der Waals surface area contributed by atoms with Crippen LogP contribution in [0.15, 0.2) is 42.5 Å². The summed E-state index contributed by atoms with van der Waals surface area (Å²) >= 11 is 11.3. The number of rotatable bonds is 4. The fraction of sp³-hybridized carbons (Fsp3) is 0.133. The lowest BCUT2D eigenvalue weighted by Gasteiger charge is -2.26. The second-order valence-corrected chi connectivity index (χ2v) is 5.11. The number of thiocarbonyl (C=S) groups is 1. The Morgan fingerprint density at radius 2 is 2.00 bits per heavy atom. The molecule has 0 aromatic heterocycles. The summed E-state index contributed by atoms with van der Waals surface area (Å²) in [4.78, 5) is 2.25. The Hall–Kier alpha value is -1.78. The van der Waals surface area contributed by atoms with Crippen molar-refractivity contribution in [3.8, 4) is 5.75 Å². The molecule has 3 nitrogen and oxygen atoms in total. The maximum atomic E-state index is 9.63. The van der Waals surface area contributed by atoms with Gasteiger partial charge in [-0.15, -0.1) is 0 Å². The Kier molecular flexibility index (Phi) is 4.47. The second-order valence-electron chi connectivity index (χ2n) is 4.26. The molecule has 0 amide bonds. The number of anilines is 2. The number of aromatic hydroxyl groups is 1. The molecule has 0 aliphatic heterocycles. The number of halogens is 1. The Bertz CT molecular complexity index is 646. The third-order valence-corrected chi connectivity index (χ3v) is 3.51. The molecule has 2 aromatic carbocycles. The van der Waals surface area contributed by atoms with Crippen LogP contribution in [-0.4, -0.2) is 16.6 Å². The number of hydrogen-bond donors (Lipinski definition) is 2. The maximum absolute atomic E-state index is 9.63. The van der Waals surface area contributed by atoms with Gasteiger partial charge in [-0.25, -0.2) is 0 Å². The molecule has 104 valence electrons. The zero-order valence-corrected chi connectivity index (χ0v) is 12.6. The van der Waals surface area contributed by atoms with Gasteiger partial charge >= 0.3 is 0 Å². The van der Waals surface area contributed by atoms with Crippen LogP contribution in [-0.2, 0) is 0 Å². The Morgan fingerprint density at radius 1 is 1.30 bits per heavy atom. The molecule has 2 rings (SSSR count). The van der Waals surface area contributed by atoms with Gasteiger partial charge in [0, 0.05) is 18.3 Å². The van der Waals surface area contributed by atoms with Crippen molar-refractivity contribution in [2.75, 3.05) is 11.4 Å². The average Bonchev–Trinajstić information content (AvgIpc) is 2.39. The SMILES string of the molecule is CCN(c1cccc(O)c1)c1cccc(Cl)c1C(N)=S. The van der Waals surface area contributed by atoms with Crippen molar-refractivity contribution in [1.29, 1.82) is 0 Å². The van der Waals surface area contributed by atoms with Crippen LogP contribution in [0.5, 0.6) is 5.75 Å². The fourth-order valence-corrected chi connectivity index (χ4v) is 2.68. The highest BCUT2D eigenvalue weighted by Crippen LogP contribution is 2.33. The van der Waals surface area contributed by atoms with Gasteiger partial charge < -0.3 is 15.7 Å². The van der Waals surface area contributed by atoms with E-state index in [-0.39, 0.29) is 10.7 Å². The van der Waals surface area contributed by atoms with E-state index in [1.807, 2.05) is 30.0 Å². The topological polar surface area (TPSA) is 49.5 Å². The molecule has 0 fully saturated rings. The van der Waals surface area contributed by atoms with Gasteiger partial charge in [0.1, 0.15) is 10.7 Å². The first kappa shape index (κ1) is 14.6. The van der Waals surface area contributed by atoms with Gasteiger partial charge in [0.25, 0.3) is 0 Å². The van der Waals surface area contributed by atoms with Gasteiger partial charge in [0.2, 0.25) is 0 Å². The van der Waals surface area contributed by atoms with E-state index in [2.05, 4.69) is 0 Å². The molecular formula is C15H15ClN2OS. The van der Waals surface area contributed by atoms with Gasteiger partial charge in [-0.05, 0) is 31.2 Å². The number of hydrogen-bond acceptors (Lipinski definition) is 3. The second kappa shape index (κ2) is 6.11. The Labute approximate surface area is 128 Å². The smallest absolute Gasteiger partial charge is 0.117 e. The normalized spacial score (nSPS) is 10.3. The number of nitrogens with two attached hydrogens (primary N) is 1. The molecule has 0 aliphatic carbocycles.